The van der Waals surface area contributed by atoms with Gasteiger partial charge < -0.3 is 4.74 Å². The van der Waals surface area contributed by atoms with Gasteiger partial charge in [0.25, 0.3) is 0 Å². The lowest BCUT2D eigenvalue weighted by Crippen LogP contribution is -2.21. The van der Waals surface area contributed by atoms with E-state index in [0.29, 0.717) is 11.7 Å². The van der Waals surface area contributed by atoms with Crippen LogP contribution in [0.5, 0.6) is 5.75 Å². The predicted molar refractivity (Wildman–Crippen MR) is 117 cm³/mol. The molecule has 0 radical (unpaired) electrons. The summed E-state index contributed by atoms with van der Waals surface area (Å²) in [5, 5.41) is 0. The summed E-state index contributed by atoms with van der Waals surface area (Å²) in [6.07, 6.45) is 9.15. The zero-order chi connectivity index (χ0) is 19.8. The maximum absolute atomic E-state index is 12.3. The summed E-state index contributed by atoms with van der Waals surface area (Å²) in [5.41, 5.74) is 3.54. The molecule has 1 fully saturated rings. The fourth-order valence-electron chi connectivity index (χ4n) is 4.10. The lowest BCUT2D eigenvalue weighted by Gasteiger charge is -2.25. The van der Waals surface area contributed by atoms with Crippen molar-refractivity contribution in [3.63, 3.8) is 0 Å². The predicted octanol–water partition coefficient (Wildman–Crippen LogP) is 7.18. The summed E-state index contributed by atoms with van der Waals surface area (Å²) in [6, 6.07) is 16.9. The van der Waals surface area contributed by atoms with Crippen LogP contribution < -0.4 is 4.74 Å². The Kier molecular flexibility index (Phi) is 7.71. The number of rotatable bonds is 9. The first-order chi connectivity index (χ1) is 13.7. The molecule has 3 rings (SSSR count). The second kappa shape index (κ2) is 10.5. The van der Waals surface area contributed by atoms with Gasteiger partial charge in [-0.2, -0.15) is 0 Å². The minimum absolute atomic E-state index is 0.0957. The normalized spacial score (nSPS) is 19.6. The molecule has 150 valence electrons. The van der Waals surface area contributed by atoms with Crippen LogP contribution >= 0.6 is 0 Å². The topological polar surface area (TPSA) is 26.3 Å². The van der Waals surface area contributed by atoms with E-state index in [0.717, 1.165) is 38.0 Å². The Balaban J connectivity index is 1.53. The molecule has 2 heteroatoms. The van der Waals surface area contributed by atoms with Crippen molar-refractivity contribution in [2.24, 2.45) is 5.92 Å². The van der Waals surface area contributed by atoms with Crippen molar-refractivity contribution >= 4 is 5.78 Å². The van der Waals surface area contributed by atoms with Gasteiger partial charge in [-0.1, -0.05) is 75.9 Å². The fourth-order valence-corrected chi connectivity index (χ4v) is 4.10. The molecule has 0 spiro atoms. The first kappa shape index (κ1) is 20.6. The fraction of sp³-hybridized carbons (Fsp3) is 0.500. The number of ketones is 1. The molecule has 2 aromatic rings. The zero-order valence-corrected chi connectivity index (χ0v) is 17.5. The Hall–Kier alpha value is -2.09. The molecule has 28 heavy (non-hydrogen) atoms. The molecule has 0 aliphatic heterocycles. The highest BCUT2D eigenvalue weighted by Crippen LogP contribution is 2.34. The van der Waals surface area contributed by atoms with Crippen molar-refractivity contribution in [3.8, 4) is 16.9 Å². The number of carbonyl (C=O) groups excluding carboxylic acids is 1. The van der Waals surface area contributed by atoms with E-state index in [1.807, 2.05) is 0 Å². The van der Waals surface area contributed by atoms with Crippen molar-refractivity contribution in [1.82, 2.24) is 0 Å². The van der Waals surface area contributed by atoms with Crippen molar-refractivity contribution in [2.45, 2.75) is 71.1 Å². The SMILES string of the molecule is CCCCCCCOc1ccc(-c2ccc([C@@H]3CC[C@@H](C)CC3=O)cc2)cc1. The Bertz CT molecular complexity index is 730. The van der Waals surface area contributed by atoms with E-state index in [2.05, 4.69) is 62.4 Å². The Morgan fingerprint density at radius 3 is 2.14 bits per heavy atom. The van der Waals surface area contributed by atoms with Crippen LogP contribution in [0.3, 0.4) is 0 Å². The van der Waals surface area contributed by atoms with Crippen molar-refractivity contribution in [1.29, 1.82) is 0 Å². The van der Waals surface area contributed by atoms with Gasteiger partial charge in [0.15, 0.2) is 0 Å². The average Bonchev–Trinajstić information content (AvgIpc) is 2.71. The van der Waals surface area contributed by atoms with Crippen LogP contribution in [0.2, 0.25) is 0 Å². The molecule has 0 heterocycles. The summed E-state index contributed by atoms with van der Waals surface area (Å²) in [4.78, 5) is 12.3. The lowest BCUT2D eigenvalue weighted by atomic mass is 9.78. The van der Waals surface area contributed by atoms with Gasteiger partial charge in [0.2, 0.25) is 0 Å². The average molecular weight is 379 g/mol. The van der Waals surface area contributed by atoms with E-state index in [9.17, 15) is 4.79 Å². The number of hydrogen-bond donors (Lipinski definition) is 0. The van der Waals surface area contributed by atoms with E-state index >= 15 is 0 Å². The van der Waals surface area contributed by atoms with Gasteiger partial charge in [-0.05, 0) is 54.0 Å². The number of Topliss-reactive ketones (excluding diaryl/α,β-unsaturated/α-hetero) is 1. The molecule has 0 amide bonds. The molecule has 1 aliphatic carbocycles. The smallest absolute Gasteiger partial charge is 0.140 e. The van der Waals surface area contributed by atoms with Gasteiger partial charge >= 0.3 is 0 Å². The van der Waals surface area contributed by atoms with E-state index in [-0.39, 0.29) is 5.92 Å². The Morgan fingerprint density at radius 2 is 1.50 bits per heavy atom. The first-order valence-corrected chi connectivity index (χ1v) is 11.0. The second-order valence-corrected chi connectivity index (χ2v) is 8.31. The standard InChI is InChI=1S/C26H34O2/c1-3-4-5-6-7-18-28-24-15-13-22(14-16-24)21-9-11-23(12-10-21)25-17-8-20(2)19-26(25)27/h9-16,20,25H,3-8,17-19H2,1-2H3/t20-,25+/m1/s1. The Morgan fingerprint density at radius 1 is 0.857 bits per heavy atom. The Labute approximate surface area is 170 Å². The molecule has 1 aliphatic rings. The summed E-state index contributed by atoms with van der Waals surface area (Å²) in [5.74, 6) is 1.99. The van der Waals surface area contributed by atoms with Crippen LogP contribution in [0.1, 0.15) is 76.7 Å². The van der Waals surface area contributed by atoms with Gasteiger partial charge in [-0.25, -0.2) is 0 Å². The van der Waals surface area contributed by atoms with Crippen LogP contribution in [0.4, 0.5) is 0 Å². The summed E-state index contributed by atoms with van der Waals surface area (Å²) >= 11 is 0. The molecule has 0 N–H and O–H groups in total. The van der Waals surface area contributed by atoms with Crippen LogP contribution in [0, 0.1) is 5.92 Å². The molecular formula is C26H34O2. The third kappa shape index (κ3) is 5.70. The quantitative estimate of drug-likeness (QED) is 0.432. The van der Waals surface area contributed by atoms with Crippen LogP contribution in [0.15, 0.2) is 48.5 Å². The van der Waals surface area contributed by atoms with Crippen molar-refractivity contribution < 1.29 is 9.53 Å². The van der Waals surface area contributed by atoms with E-state index in [1.165, 1.54) is 42.4 Å². The highest BCUT2D eigenvalue weighted by atomic mass is 16.5. The molecule has 2 atom stereocenters. The largest absolute Gasteiger partial charge is 0.494 e. The number of carbonyl (C=O) groups is 1. The minimum Gasteiger partial charge on any atom is -0.494 e. The molecule has 0 aromatic heterocycles. The van der Waals surface area contributed by atoms with Gasteiger partial charge in [-0.3, -0.25) is 4.79 Å². The monoisotopic (exact) mass is 378 g/mol. The van der Waals surface area contributed by atoms with E-state index < -0.39 is 0 Å². The maximum atomic E-state index is 12.3. The van der Waals surface area contributed by atoms with Crippen molar-refractivity contribution in [2.75, 3.05) is 6.61 Å². The van der Waals surface area contributed by atoms with Crippen molar-refractivity contribution in [3.05, 3.63) is 54.1 Å². The molecule has 0 bridgehead atoms. The van der Waals surface area contributed by atoms with Gasteiger partial charge in [-0.15, -0.1) is 0 Å². The molecular weight excluding hydrogens is 344 g/mol. The maximum Gasteiger partial charge on any atom is 0.140 e. The summed E-state index contributed by atoms with van der Waals surface area (Å²) in [7, 11) is 0. The molecule has 1 saturated carbocycles. The molecule has 0 saturated heterocycles. The van der Waals surface area contributed by atoms with E-state index in [4.69, 9.17) is 4.74 Å². The molecule has 2 aromatic carbocycles. The highest BCUT2D eigenvalue weighted by Gasteiger charge is 2.27. The molecule has 2 nitrogen and oxygen atoms in total. The number of ether oxygens (including phenoxy) is 1. The van der Waals surface area contributed by atoms with Crippen LogP contribution in [-0.4, -0.2) is 12.4 Å². The van der Waals surface area contributed by atoms with Gasteiger partial charge in [0.05, 0.1) is 6.61 Å². The van der Waals surface area contributed by atoms with E-state index in [1.54, 1.807) is 0 Å². The minimum atomic E-state index is 0.0957. The van der Waals surface area contributed by atoms with Crippen LogP contribution in [-0.2, 0) is 4.79 Å². The third-order valence-corrected chi connectivity index (χ3v) is 5.90. The molecule has 0 unspecified atom stereocenters. The number of unbranched alkanes of at least 4 members (excludes halogenated alkanes) is 4. The summed E-state index contributed by atoms with van der Waals surface area (Å²) in [6.45, 7) is 5.21. The highest BCUT2D eigenvalue weighted by molar-refractivity contribution is 5.86. The summed E-state index contributed by atoms with van der Waals surface area (Å²) < 4.78 is 5.86. The zero-order valence-electron chi connectivity index (χ0n) is 17.5. The number of hydrogen-bond acceptors (Lipinski definition) is 2. The van der Waals surface area contributed by atoms with Gasteiger partial charge in [0.1, 0.15) is 11.5 Å². The first-order valence-electron chi connectivity index (χ1n) is 11.0. The lowest BCUT2D eigenvalue weighted by molar-refractivity contribution is -0.123. The third-order valence-electron chi connectivity index (χ3n) is 5.90. The second-order valence-electron chi connectivity index (χ2n) is 8.31. The number of benzene rings is 2. The van der Waals surface area contributed by atoms with Gasteiger partial charge in [0, 0.05) is 12.3 Å². The van der Waals surface area contributed by atoms with Crippen LogP contribution in [0.25, 0.3) is 11.1 Å².